The number of carbonyl (C=O) groups is 2. The summed E-state index contributed by atoms with van der Waals surface area (Å²) in [5.41, 5.74) is 1.32. The molecule has 0 heterocycles. The number of benzene rings is 2. The first-order valence-corrected chi connectivity index (χ1v) is 10.8. The molecule has 4 nitrogen and oxygen atoms in total. The van der Waals surface area contributed by atoms with Gasteiger partial charge in [0.1, 0.15) is 6.04 Å². The lowest BCUT2D eigenvalue weighted by atomic mass is 10.1. The Morgan fingerprint density at radius 2 is 1.59 bits per heavy atom. The Hall–Kier alpha value is -1.75. The summed E-state index contributed by atoms with van der Waals surface area (Å²) >= 11 is 18.9. The van der Waals surface area contributed by atoms with Crippen LogP contribution in [-0.4, -0.2) is 29.3 Å². The predicted octanol–water partition coefficient (Wildman–Crippen LogP) is 5.52. The van der Waals surface area contributed by atoms with Gasteiger partial charge in [-0.3, -0.25) is 9.59 Å². The van der Waals surface area contributed by atoms with Gasteiger partial charge in [0.25, 0.3) is 0 Å². The number of hydrogen-bond acceptors (Lipinski definition) is 2. The third-order valence-corrected chi connectivity index (χ3v) is 5.70. The number of nitrogens with one attached hydrogen (secondary N) is 1. The molecule has 0 unspecified atom stereocenters. The highest BCUT2D eigenvalue weighted by Crippen LogP contribution is 2.27. The van der Waals surface area contributed by atoms with E-state index in [-0.39, 0.29) is 24.8 Å². The highest BCUT2D eigenvalue weighted by Gasteiger charge is 2.29. The zero-order chi connectivity index (χ0) is 21.4. The second kappa shape index (κ2) is 11.4. The van der Waals surface area contributed by atoms with Gasteiger partial charge >= 0.3 is 0 Å². The van der Waals surface area contributed by atoms with E-state index in [0.717, 1.165) is 6.42 Å². The minimum atomic E-state index is -0.635. The lowest BCUT2D eigenvalue weighted by Gasteiger charge is -2.31. The zero-order valence-electron chi connectivity index (χ0n) is 16.6. The number of nitrogens with zero attached hydrogens (tertiary/aromatic N) is 1. The first-order chi connectivity index (χ1) is 13.9. The zero-order valence-corrected chi connectivity index (χ0v) is 18.8. The van der Waals surface area contributed by atoms with E-state index in [9.17, 15) is 9.59 Å². The summed E-state index contributed by atoms with van der Waals surface area (Å²) in [5, 5.41) is 4.31. The Morgan fingerprint density at radius 1 is 0.966 bits per heavy atom. The van der Waals surface area contributed by atoms with E-state index >= 15 is 0 Å². The Bertz CT molecular complexity index is 837. The summed E-state index contributed by atoms with van der Waals surface area (Å²) in [6, 6.07) is 11.7. The van der Waals surface area contributed by atoms with Crippen LogP contribution in [0.25, 0.3) is 0 Å². The molecule has 0 aliphatic carbocycles. The molecule has 0 fully saturated rings. The third kappa shape index (κ3) is 6.36. The van der Waals surface area contributed by atoms with Gasteiger partial charge in [-0.1, -0.05) is 72.9 Å². The van der Waals surface area contributed by atoms with Gasteiger partial charge in [-0.2, -0.15) is 0 Å². The van der Waals surface area contributed by atoms with Gasteiger partial charge in [0.15, 0.2) is 0 Å². The fraction of sp³-hybridized carbons (Fsp3) is 0.364. The van der Waals surface area contributed by atoms with Crippen molar-refractivity contribution in [3.05, 3.63) is 68.7 Å². The number of amides is 2. The lowest BCUT2D eigenvalue weighted by Crippen LogP contribution is -2.49. The molecule has 156 valence electrons. The first kappa shape index (κ1) is 23.5. The molecule has 1 N–H and O–H groups in total. The summed E-state index contributed by atoms with van der Waals surface area (Å²) in [6.07, 6.45) is 1.36. The van der Waals surface area contributed by atoms with Crippen LogP contribution in [0.5, 0.6) is 0 Å². The van der Waals surface area contributed by atoms with Crippen LogP contribution in [0.3, 0.4) is 0 Å². The molecule has 1 atom stereocenters. The highest BCUT2D eigenvalue weighted by atomic mass is 35.5. The fourth-order valence-corrected chi connectivity index (χ4v) is 3.76. The molecule has 2 aromatic carbocycles. The van der Waals surface area contributed by atoms with Gasteiger partial charge in [0.05, 0.1) is 6.42 Å². The molecule has 2 aromatic rings. The van der Waals surface area contributed by atoms with Crippen LogP contribution >= 0.6 is 34.8 Å². The van der Waals surface area contributed by atoms with Crippen molar-refractivity contribution in [1.29, 1.82) is 0 Å². The smallest absolute Gasteiger partial charge is 0.242 e. The minimum Gasteiger partial charge on any atom is -0.354 e. The summed E-state index contributed by atoms with van der Waals surface area (Å²) in [4.78, 5) is 27.6. The van der Waals surface area contributed by atoms with Crippen LogP contribution in [0, 0.1) is 0 Å². The molecule has 0 saturated carbocycles. The average molecular weight is 456 g/mol. The predicted molar refractivity (Wildman–Crippen MR) is 120 cm³/mol. The summed E-state index contributed by atoms with van der Waals surface area (Å²) in [7, 11) is 0. The van der Waals surface area contributed by atoms with Crippen molar-refractivity contribution in [2.45, 2.75) is 45.7 Å². The molecular formula is C22H25Cl3N2O2. The molecule has 0 aliphatic heterocycles. The van der Waals surface area contributed by atoms with Crippen molar-refractivity contribution in [2.75, 3.05) is 6.54 Å². The standard InChI is InChI=1S/C22H25Cl3N2O2/c1-3-12-26-22(29)20(4-2)27(14-16-18(24)10-7-11-19(16)25)21(28)13-15-8-5-6-9-17(15)23/h5-11,20H,3-4,12-14H2,1-2H3,(H,26,29)/t20-/m0/s1. The van der Waals surface area contributed by atoms with E-state index in [1.54, 1.807) is 35.2 Å². The molecule has 29 heavy (non-hydrogen) atoms. The molecule has 7 heteroatoms. The van der Waals surface area contributed by atoms with Crippen molar-refractivity contribution in [2.24, 2.45) is 0 Å². The second-order valence-corrected chi connectivity index (χ2v) is 7.93. The van der Waals surface area contributed by atoms with Gasteiger partial charge in [-0.15, -0.1) is 0 Å². The molecule has 0 radical (unpaired) electrons. The summed E-state index contributed by atoms with van der Waals surface area (Å²) in [5.74, 6) is -0.405. The maximum absolute atomic E-state index is 13.3. The van der Waals surface area contributed by atoms with Crippen LogP contribution in [0.2, 0.25) is 15.1 Å². The van der Waals surface area contributed by atoms with Crippen LogP contribution in [0.1, 0.15) is 37.8 Å². The van der Waals surface area contributed by atoms with Gasteiger partial charge in [0.2, 0.25) is 11.8 Å². The van der Waals surface area contributed by atoms with E-state index in [4.69, 9.17) is 34.8 Å². The number of hydrogen-bond donors (Lipinski definition) is 1. The van der Waals surface area contributed by atoms with Crippen LogP contribution < -0.4 is 5.32 Å². The quantitative estimate of drug-likeness (QED) is 0.541. The Kier molecular flexibility index (Phi) is 9.28. The maximum atomic E-state index is 13.3. The van der Waals surface area contributed by atoms with Gasteiger partial charge < -0.3 is 10.2 Å². The second-order valence-electron chi connectivity index (χ2n) is 6.71. The molecule has 0 saturated heterocycles. The lowest BCUT2D eigenvalue weighted by molar-refractivity contribution is -0.140. The molecule has 2 rings (SSSR count). The molecule has 0 aliphatic rings. The van der Waals surface area contributed by atoms with E-state index in [2.05, 4.69) is 5.32 Å². The monoisotopic (exact) mass is 454 g/mol. The Labute approximate surface area is 187 Å². The minimum absolute atomic E-state index is 0.0826. The van der Waals surface area contributed by atoms with Crippen molar-refractivity contribution >= 4 is 46.6 Å². The maximum Gasteiger partial charge on any atom is 0.242 e. The van der Waals surface area contributed by atoms with Crippen molar-refractivity contribution < 1.29 is 9.59 Å². The normalized spacial score (nSPS) is 11.8. The van der Waals surface area contributed by atoms with E-state index in [0.29, 0.717) is 39.2 Å². The first-order valence-electron chi connectivity index (χ1n) is 9.62. The van der Waals surface area contributed by atoms with E-state index < -0.39 is 6.04 Å². The average Bonchev–Trinajstić information content (AvgIpc) is 2.70. The largest absolute Gasteiger partial charge is 0.354 e. The molecular weight excluding hydrogens is 431 g/mol. The van der Waals surface area contributed by atoms with Crippen molar-refractivity contribution in [3.63, 3.8) is 0 Å². The number of halogens is 3. The SMILES string of the molecule is CCCNC(=O)[C@H](CC)N(Cc1c(Cl)cccc1Cl)C(=O)Cc1ccccc1Cl. The third-order valence-electron chi connectivity index (χ3n) is 4.62. The Morgan fingerprint density at radius 3 is 2.17 bits per heavy atom. The number of rotatable bonds is 9. The van der Waals surface area contributed by atoms with Gasteiger partial charge in [-0.05, 0) is 36.6 Å². The number of carbonyl (C=O) groups excluding carboxylic acids is 2. The topological polar surface area (TPSA) is 49.4 Å². The molecule has 2 amide bonds. The van der Waals surface area contributed by atoms with Crippen LogP contribution in [0.15, 0.2) is 42.5 Å². The van der Waals surface area contributed by atoms with Crippen LogP contribution in [0.4, 0.5) is 0 Å². The Balaban J connectivity index is 2.36. The van der Waals surface area contributed by atoms with Crippen molar-refractivity contribution in [1.82, 2.24) is 10.2 Å². The van der Waals surface area contributed by atoms with Crippen molar-refractivity contribution in [3.8, 4) is 0 Å². The summed E-state index contributed by atoms with van der Waals surface area (Å²) in [6.45, 7) is 4.54. The van der Waals surface area contributed by atoms with Gasteiger partial charge in [-0.25, -0.2) is 0 Å². The highest BCUT2D eigenvalue weighted by molar-refractivity contribution is 6.36. The molecule has 0 spiro atoms. The molecule has 0 aromatic heterocycles. The van der Waals surface area contributed by atoms with E-state index in [1.807, 2.05) is 26.0 Å². The van der Waals surface area contributed by atoms with E-state index in [1.165, 1.54) is 0 Å². The van der Waals surface area contributed by atoms with Gasteiger partial charge in [0, 0.05) is 33.7 Å². The summed E-state index contributed by atoms with van der Waals surface area (Å²) < 4.78 is 0. The fourth-order valence-electron chi connectivity index (χ4n) is 3.05. The molecule has 0 bridgehead atoms. The van der Waals surface area contributed by atoms with Crippen LogP contribution in [-0.2, 0) is 22.6 Å².